The number of esters is 1. The highest BCUT2D eigenvalue weighted by atomic mass is 35.5. The van der Waals surface area contributed by atoms with Crippen LogP contribution in [0.5, 0.6) is 0 Å². The SMILES string of the molecule is COC(=O)c1ccc(-c2ccc(CCC(=O)Cl)c3cccnc23)cc1. The molecule has 0 amide bonds. The lowest BCUT2D eigenvalue weighted by molar-refractivity contribution is -0.111. The molecule has 0 aliphatic rings. The molecule has 0 aliphatic heterocycles. The number of hydrogen-bond acceptors (Lipinski definition) is 4. The van der Waals surface area contributed by atoms with E-state index >= 15 is 0 Å². The Morgan fingerprint density at radius 1 is 1.08 bits per heavy atom. The van der Waals surface area contributed by atoms with Gasteiger partial charge in [0, 0.05) is 23.6 Å². The summed E-state index contributed by atoms with van der Waals surface area (Å²) in [6.07, 6.45) is 2.61. The minimum atomic E-state index is -0.365. The van der Waals surface area contributed by atoms with Crippen LogP contribution in [0.15, 0.2) is 54.7 Å². The molecule has 0 saturated carbocycles. The van der Waals surface area contributed by atoms with Crippen LogP contribution in [0.1, 0.15) is 22.3 Å². The number of hydrogen-bond donors (Lipinski definition) is 0. The predicted octanol–water partition coefficient (Wildman–Crippen LogP) is 4.39. The second-order valence-corrected chi connectivity index (χ2v) is 6.02. The van der Waals surface area contributed by atoms with Gasteiger partial charge < -0.3 is 4.74 Å². The highest BCUT2D eigenvalue weighted by molar-refractivity contribution is 6.63. The van der Waals surface area contributed by atoms with Crippen LogP contribution < -0.4 is 0 Å². The van der Waals surface area contributed by atoms with E-state index in [1.807, 2.05) is 36.4 Å². The zero-order chi connectivity index (χ0) is 17.8. The first-order chi connectivity index (χ1) is 12.1. The minimum Gasteiger partial charge on any atom is -0.465 e. The molecule has 0 fully saturated rings. The van der Waals surface area contributed by atoms with Crippen molar-refractivity contribution in [1.82, 2.24) is 4.98 Å². The number of carbonyl (C=O) groups is 2. The van der Waals surface area contributed by atoms with Gasteiger partial charge in [-0.15, -0.1) is 0 Å². The van der Waals surface area contributed by atoms with Gasteiger partial charge in [-0.25, -0.2) is 4.79 Å². The topological polar surface area (TPSA) is 56.3 Å². The van der Waals surface area contributed by atoms with Gasteiger partial charge in [0.2, 0.25) is 5.24 Å². The van der Waals surface area contributed by atoms with Crippen molar-refractivity contribution in [2.24, 2.45) is 0 Å². The fourth-order valence-electron chi connectivity index (χ4n) is 2.82. The van der Waals surface area contributed by atoms with Crippen molar-refractivity contribution in [1.29, 1.82) is 0 Å². The second-order valence-electron chi connectivity index (χ2n) is 5.60. The molecule has 2 aromatic carbocycles. The molecular weight excluding hydrogens is 338 g/mol. The molecule has 1 heterocycles. The van der Waals surface area contributed by atoms with E-state index in [4.69, 9.17) is 16.3 Å². The van der Waals surface area contributed by atoms with Gasteiger partial charge in [-0.1, -0.05) is 30.3 Å². The Balaban J connectivity index is 2.04. The Morgan fingerprint density at radius 2 is 1.84 bits per heavy atom. The lowest BCUT2D eigenvalue weighted by Crippen LogP contribution is -2.00. The number of methoxy groups -OCH3 is 1. The first-order valence-electron chi connectivity index (χ1n) is 7.84. The molecule has 0 radical (unpaired) electrons. The number of aryl methyl sites for hydroxylation is 1. The average molecular weight is 354 g/mol. The van der Waals surface area contributed by atoms with E-state index in [0.717, 1.165) is 27.6 Å². The third-order valence-corrected chi connectivity index (χ3v) is 4.26. The van der Waals surface area contributed by atoms with Crippen LogP contribution >= 0.6 is 11.6 Å². The number of halogens is 1. The largest absolute Gasteiger partial charge is 0.465 e. The van der Waals surface area contributed by atoms with E-state index < -0.39 is 0 Å². The quantitative estimate of drug-likeness (QED) is 0.504. The van der Waals surface area contributed by atoms with Crippen molar-refractivity contribution in [2.45, 2.75) is 12.8 Å². The normalized spacial score (nSPS) is 10.6. The molecule has 4 nitrogen and oxygen atoms in total. The van der Waals surface area contributed by atoms with Gasteiger partial charge in [0.25, 0.3) is 0 Å². The molecule has 0 aliphatic carbocycles. The van der Waals surface area contributed by atoms with E-state index in [0.29, 0.717) is 18.4 Å². The Morgan fingerprint density at radius 3 is 2.52 bits per heavy atom. The standard InChI is InChI=1S/C20H16ClNO3/c1-25-20(24)15-6-4-13(5-7-15)17-10-8-14(9-11-18(21)23)16-3-2-12-22-19(16)17/h2-8,10,12H,9,11H2,1H3. The molecule has 5 heteroatoms. The van der Waals surface area contributed by atoms with Crippen LogP contribution in [0.3, 0.4) is 0 Å². The van der Waals surface area contributed by atoms with Crippen molar-refractivity contribution in [3.63, 3.8) is 0 Å². The molecule has 3 aromatic rings. The number of aromatic nitrogens is 1. The Labute approximate surface area is 150 Å². The molecule has 1 aromatic heterocycles. The lowest BCUT2D eigenvalue weighted by atomic mass is 9.96. The lowest BCUT2D eigenvalue weighted by Gasteiger charge is -2.11. The van der Waals surface area contributed by atoms with Crippen molar-refractivity contribution >= 4 is 33.7 Å². The highest BCUT2D eigenvalue weighted by Crippen LogP contribution is 2.30. The molecule has 126 valence electrons. The van der Waals surface area contributed by atoms with Gasteiger partial charge in [-0.3, -0.25) is 9.78 Å². The Bertz CT molecular complexity index is 935. The second kappa shape index (κ2) is 7.45. The van der Waals surface area contributed by atoms with Gasteiger partial charge in [-0.05, 0) is 47.3 Å². The number of fused-ring (bicyclic) bond motifs is 1. The minimum absolute atomic E-state index is 0.290. The predicted molar refractivity (Wildman–Crippen MR) is 97.7 cm³/mol. The molecule has 25 heavy (non-hydrogen) atoms. The van der Waals surface area contributed by atoms with Crippen molar-refractivity contribution in [3.8, 4) is 11.1 Å². The van der Waals surface area contributed by atoms with Gasteiger partial charge in [-0.2, -0.15) is 0 Å². The number of nitrogens with zero attached hydrogens (tertiary/aromatic N) is 1. The van der Waals surface area contributed by atoms with Crippen LogP contribution in [0.4, 0.5) is 0 Å². The van der Waals surface area contributed by atoms with E-state index in [1.54, 1.807) is 18.3 Å². The maximum absolute atomic E-state index is 11.6. The molecule has 3 rings (SSSR count). The summed E-state index contributed by atoms with van der Waals surface area (Å²) in [6.45, 7) is 0. The summed E-state index contributed by atoms with van der Waals surface area (Å²) >= 11 is 5.47. The molecule has 0 saturated heterocycles. The zero-order valence-corrected chi connectivity index (χ0v) is 14.4. The fourth-order valence-corrected chi connectivity index (χ4v) is 2.91. The molecule has 0 atom stereocenters. The van der Waals surface area contributed by atoms with E-state index in [9.17, 15) is 9.59 Å². The molecule has 0 spiro atoms. The summed E-state index contributed by atoms with van der Waals surface area (Å²) in [4.78, 5) is 27.1. The van der Waals surface area contributed by atoms with Crippen LogP contribution in [0.2, 0.25) is 0 Å². The smallest absolute Gasteiger partial charge is 0.337 e. The number of pyridine rings is 1. The van der Waals surface area contributed by atoms with Crippen LogP contribution in [0, 0.1) is 0 Å². The van der Waals surface area contributed by atoms with E-state index in [1.165, 1.54) is 7.11 Å². The third kappa shape index (κ3) is 3.69. The summed E-state index contributed by atoms with van der Waals surface area (Å²) in [5, 5.41) is 0.648. The van der Waals surface area contributed by atoms with E-state index in [-0.39, 0.29) is 11.2 Å². The van der Waals surface area contributed by atoms with Gasteiger partial charge >= 0.3 is 5.97 Å². The third-order valence-electron chi connectivity index (χ3n) is 4.07. The maximum Gasteiger partial charge on any atom is 0.337 e. The van der Waals surface area contributed by atoms with Crippen LogP contribution in [-0.2, 0) is 16.0 Å². The summed E-state index contributed by atoms with van der Waals surface area (Å²) in [6, 6.07) is 15.0. The maximum atomic E-state index is 11.6. The number of ether oxygens (including phenoxy) is 1. The molecular formula is C20H16ClNO3. The Hall–Kier alpha value is -2.72. The first-order valence-corrected chi connectivity index (χ1v) is 8.21. The van der Waals surface area contributed by atoms with Gasteiger partial charge in [0.15, 0.2) is 0 Å². The summed E-state index contributed by atoms with van der Waals surface area (Å²) in [5.41, 5.74) is 4.31. The van der Waals surface area contributed by atoms with Gasteiger partial charge in [0.1, 0.15) is 0 Å². The number of benzene rings is 2. The highest BCUT2D eigenvalue weighted by Gasteiger charge is 2.11. The first kappa shape index (κ1) is 17.1. The summed E-state index contributed by atoms with van der Waals surface area (Å²) in [5.74, 6) is -0.365. The number of carbonyl (C=O) groups excluding carboxylic acids is 2. The van der Waals surface area contributed by atoms with Crippen LogP contribution in [-0.4, -0.2) is 23.3 Å². The van der Waals surface area contributed by atoms with E-state index in [2.05, 4.69) is 4.98 Å². The Kier molecular flexibility index (Phi) is 5.10. The van der Waals surface area contributed by atoms with Crippen LogP contribution in [0.25, 0.3) is 22.0 Å². The molecule has 0 N–H and O–H groups in total. The monoisotopic (exact) mass is 353 g/mol. The summed E-state index contributed by atoms with van der Waals surface area (Å²) < 4.78 is 4.72. The zero-order valence-electron chi connectivity index (χ0n) is 13.7. The van der Waals surface area contributed by atoms with Crippen molar-refractivity contribution in [2.75, 3.05) is 7.11 Å². The molecule has 0 bridgehead atoms. The average Bonchev–Trinajstić information content (AvgIpc) is 2.65. The fraction of sp³-hybridized carbons (Fsp3) is 0.150. The molecule has 0 unspecified atom stereocenters. The van der Waals surface area contributed by atoms with Crippen molar-refractivity contribution < 1.29 is 14.3 Å². The number of rotatable bonds is 5. The van der Waals surface area contributed by atoms with Crippen molar-refractivity contribution in [3.05, 3.63) is 65.9 Å². The van der Waals surface area contributed by atoms with Gasteiger partial charge in [0.05, 0.1) is 18.2 Å². The summed E-state index contributed by atoms with van der Waals surface area (Å²) in [7, 11) is 1.36.